The number of aliphatic hydroxyl groups is 4. The molecule has 0 amide bonds. The van der Waals surface area contributed by atoms with Crippen LogP contribution in [0.5, 0.6) is 5.75 Å². The number of hydrogen-bond acceptors (Lipinski definition) is 6. The van der Waals surface area contributed by atoms with Crippen LogP contribution in [0.4, 0.5) is 0 Å². The molecule has 0 aliphatic carbocycles. The Kier molecular flexibility index (Phi) is 5.09. The molecule has 0 saturated carbocycles. The Bertz CT molecular complexity index is 469. The van der Waals surface area contributed by atoms with E-state index in [0.717, 1.165) is 0 Å². The molecule has 0 spiro atoms. The van der Waals surface area contributed by atoms with Gasteiger partial charge in [0.05, 0.1) is 16.7 Å². The zero-order valence-electron chi connectivity index (χ0n) is 10.2. The van der Waals surface area contributed by atoms with Gasteiger partial charge in [0.1, 0.15) is 30.2 Å². The number of halogens is 2. The van der Waals surface area contributed by atoms with E-state index in [1.807, 2.05) is 0 Å². The van der Waals surface area contributed by atoms with E-state index in [0.29, 0.717) is 5.02 Å². The van der Waals surface area contributed by atoms with Gasteiger partial charge in [-0.2, -0.15) is 0 Å². The van der Waals surface area contributed by atoms with Gasteiger partial charge >= 0.3 is 0 Å². The SMILES string of the molecule is OC[C@H]1O[C@@H](Oc2ccc(Cl)c(Cl)c2)[C@H](O)[C@@H](O)[C@@H]1O. The van der Waals surface area contributed by atoms with E-state index < -0.39 is 37.3 Å². The van der Waals surface area contributed by atoms with E-state index in [-0.39, 0.29) is 10.8 Å². The highest BCUT2D eigenvalue weighted by molar-refractivity contribution is 6.42. The van der Waals surface area contributed by atoms with Gasteiger partial charge in [0, 0.05) is 6.07 Å². The van der Waals surface area contributed by atoms with E-state index in [2.05, 4.69) is 0 Å². The lowest BCUT2D eigenvalue weighted by atomic mass is 9.99. The molecule has 6 nitrogen and oxygen atoms in total. The molecule has 0 radical (unpaired) electrons. The lowest BCUT2D eigenvalue weighted by Gasteiger charge is -2.39. The van der Waals surface area contributed by atoms with Crippen molar-refractivity contribution >= 4 is 23.2 Å². The Morgan fingerprint density at radius 1 is 1.05 bits per heavy atom. The minimum absolute atomic E-state index is 0.258. The molecular formula is C12H14Cl2O6. The first kappa shape index (κ1) is 15.8. The quantitative estimate of drug-likeness (QED) is 0.632. The Hall–Kier alpha value is -0.600. The first-order valence-electron chi connectivity index (χ1n) is 5.86. The van der Waals surface area contributed by atoms with Gasteiger partial charge in [-0.3, -0.25) is 0 Å². The number of hydrogen-bond donors (Lipinski definition) is 4. The van der Waals surface area contributed by atoms with Crippen molar-refractivity contribution in [2.75, 3.05) is 6.61 Å². The summed E-state index contributed by atoms with van der Waals surface area (Å²) in [6.45, 7) is -0.522. The zero-order chi connectivity index (χ0) is 14.9. The van der Waals surface area contributed by atoms with Crippen molar-refractivity contribution in [3.63, 3.8) is 0 Å². The summed E-state index contributed by atoms with van der Waals surface area (Å²) in [5.41, 5.74) is 0. The summed E-state index contributed by atoms with van der Waals surface area (Å²) in [5.74, 6) is 0.267. The highest BCUT2D eigenvalue weighted by Crippen LogP contribution is 2.29. The van der Waals surface area contributed by atoms with Crippen molar-refractivity contribution in [3.8, 4) is 5.75 Å². The molecule has 0 unspecified atom stereocenters. The molecule has 1 heterocycles. The van der Waals surface area contributed by atoms with Crippen LogP contribution in [0.15, 0.2) is 18.2 Å². The van der Waals surface area contributed by atoms with E-state index in [1.54, 1.807) is 0 Å². The molecule has 2 rings (SSSR count). The third-order valence-electron chi connectivity index (χ3n) is 2.99. The van der Waals surface area contributed by atoms with E-state index in [4.69, 9.17) is 37.8 Å². The van der Waals surface area contributed by atoms with Crippen molar-refractivity contribution in [2.24, 2.45) is 0 Å². The maximum Gasteiger partial charge on any atom is 0.229 e. The fraction of sp³-hybridized carbons (Fsp3) is 0.500. The van der Waals surface area contributed by atoms with Crippen LogP contribution in [-0.2, 0) is 4.74 Å². The summed E-state index contributed by atoms with van der Waals surface area (Å²) in [6, 6.07) is 4.43. The third kappa shape index (κ3) is 3.17. The third-order valence-corrected chi connectivity index (χ3v) is 3.73. The van der Waals surface area contributed by atoms with Gasteiger partial charge in [0.25, 0.3) is 0 Å². The minimum atomic E-state index is -1.49. The Balaban J connectivity index is 2.13. The van der Waals surface area contributed by atoms with Crippen molar-refractivity contribution in [2.45, 2.75) is 30.7 Å². The van der Waals surface area contributed by atoms with E-state index >= 15 is 0 Å². The lowest BCUT2D eigenvalue weighted by molar-refractivity contribution is -0.277. The highest BCUT2D eigenvalue weighted by Gasteiger charge is 2.44. The Morgan fingerprint density at radius 2 is 1.75 bits per heavy atom. The van der Waals surface area contributed by atoms with Crippen molar-refractivity contribution < 1.29 is 29.9 Å². The number of ether oxygens (including phenoxy) is 2. The predicted molar refractivity (Wildman–Crippen MR) is 70.9 cm³/mol. The second-order valence-electron chi connectivity index (χ2n) is 4.39. The maximum atomic E-state index is 9.81. The molecule has 1 aliphatic heterocycles. The summed E-state index contributed by atoms with van der Waals surface area (Å²) < 4.78 is 10.6. The van der Waals surface area contributed by atoms with Crippen molar-refractivity contribution in [3.05, 3.63) is 28.2 Å². The van der Waals surface area contributed by atoms with Crippen LogP contribution in [0, 0.1) is 0 Å². The van der Waals surface area contributed by atoms with E-state index in [9.17, 15) is 15.3 Å². The second-order valence-corrected chi connectivity index (χ2v) is 5.21. The molecule has 1 aromatic rings. The fourth-order valence-corrected chi connectivity index (χ4v) is 2.14. The predicted octanol–water partition coefficient (Wildman–Crippen LogP) is 0.172. The highest BCUT2D eigenvalue weighted by atomic mass is 35.5. The molecule has 5 atom stereocenters. The Morgan fingerprint density at radius 3 is 2.35 bits per heavy atom. The summed E-state index contributed by atoms with van der Waals surface area (Å²) in [5, 5.41) is 38.7. The molecule has 1 fully saturated rings. The van der Waals surface area contributed by atoms with Crippen LogP contribution in [0.1, 0.15) is 0 Å². The minimum Gasteiger partial charge on any atom is -0.462 e. The molecule has 1 aromatic carbocycles. The van der Waals surface area contributed by atoms with Gasteiger partial charge in [0.15, 0.2) is 0 Å². The van der Waals surface area contributed by atoms with Gasteiger partial charge in [0.2, 0.25) is 6.29 Å². The zero-order valence-corrected chi connectivity index (χ0v) is 11.7. The van der Waals surface area contributed by atoms with Gasteiger partial charge in [-0.1, -0.05) is 23.2 Å². The van der Waals surface area contributed by atoms with E-state index in [1.165, 1.54) is 18.2 Å². The topological polar surface area (TPSA) is 99.4 Å². The van der Waals surface area contributed by atoms with Crippen molar-refractivity contribution in [1.29, 1.82) is 0 Å². The molecule has 4 N–H and O–H groups in total. The van der Waals surface area contributed by atoms with Crippen LogP contribution < -0.4 is 4.74 Å². The van der Waals surface area contributed by atoms with Gasteiger partial charge in [-0.15, -0.1) is 0 Å². The lowest BCUT2D eigenvalue weighted by Crippen LogP contribution is -2.60. The molecule has 8 heteroatoms. The Labute approximate surface area is 125 Å². The fourth-order valence-electron chi connectivity index (χ4n) is 1.85. The maximum absolute atomic E-state index is 9.81. The number of aliphatic hydroxyl groups excluding tert-OH is 4. The molecule has 1 aliphatic rings. The van der Waals surface area contributed by atoms with Crippen LogP contribution in [-0.4, -0.2) is 57.7 Å². The molecule has 0 bridgehead atoms. The monoisotopic (exact) mass is 324 g/mol. The first-order chi connectivity index (χ1) is 9.43. The van der Waals surface area contributed by atoms with Crippen LogP contribution in [0.3, 0.4) is 0 Å². The normalized spacial score (nSPS) is 34.0. The largest absolute Gasteiger partial charge is 0.462 e. The second kappa shape index (κ2) is 6.44. The molecule has 20 heavy (non-hydrogen) atoms. The van der Waals surface area contributed by atoms with Gasteiger partial charge in [-0.05, 0) is 12.1 Å². The smallest absolute Gasteiger partial charge is 0.229 e. The van der Waals surface area contributed by atoms with Crippen LogP contribution >= 0.6 is 23.2 Å². The summed E-state index contributed by atoms with van der Waals surface area (Å²) in [4.78, 5) is 0. The molecule has 112 valence electrons. The molecular weight excluding hydrogens is 311 g/mol. The van der Waals surface area contributed by atoms with Gasteiger partial charge < -0.3 is 29.9 Å². The standard InChI is InChI=1S/C12H14Cl2O6/c13-6-2-1-5(3-7(6)14)19-12-11(18)10(17)9(16)8(4-15)20-12/h1-3,8-12,15-18H,4H2/t8-,9-,10+,11-,12-/m1/s1. The first-order valence-corrected chi connectivity index (χ1v) is 6.62. The summed E-state index contributed by atoms with van der Waals surface area (Å²) >= 11 is 11.6. The summed E-state index contributed by atoms with van der Waals surface area (Å²) in [7, 11) is 0. The average Bonchev–Trinajstić information content (AvgIpc) is 2.43. The number of rotatable bonds is 3. The molecule has 0 aromatic heterocycles. The average molecular weight is 325 g/mol. The van der Waals surface area contributed by atoms with Gasteiger partial charge in [-0.25, -0.2) is 0 Å². The van der Waals surface area contributed by atoms with Crippen LogP contribution in [0.25, 0.3) is 0 Å². The summed E-state index contributed by atoms with van der Waals surface area (Å²) in [6.07, 6.45) is -6.66. The van der Waals surface area contributed by atoms with Crippen LogP contribution in [0.2, 0.25) is 10.0 Å². The molecule has 1 saturated heterocycles. The van der Waals surface area contributed by atoms with Crippen molar-refractivity contribution in [1.82, 2.24) is 0 Å². The number of benzene rings is 1.